The van der Waals surface area contributed by atoms with Gasteiger partial charge in [-0.25, -0.2) is 0 Å². The van der Waals surface area contributed by atoms with Crippen LogP contribution in [-0.4, -0.2) is 10.1 Å². The molecule has 0 N–H and O–H groups in total. The summed E-state index contributed by atoms with van der Waals surface area (Å²) in [5.74, 6) is 2.36. The minimum atomic E-state index is 0.318. The van der Waals surface area contributed by atoms with E-state index in [1.807, 2.05) is 12.1 Å². The maximum Gasteiger partial charge on any atom is 0.223 e. The Morgan fingerprint density at radius 3 is 2.78 bits per heavy atom. The van der Waals surface area contributed by atoms with Crippen molar-refractivity contribution in [3.05, 3.63) is 40.0 Å². The van der Waals surface area contributed by atoms with Crippen molar-refractivity contribution in [2.75, 3.05) is 0 Å². The van der Waals surface area contributed by atoms with Crippen LogP contribution in [-0.2, 0) is 6.61 Å². The van der Waals surface area contributed by atoms with Crippen LogP contribution in [0.4, 0.5) is 0 Å². The normalized spacial score (nSPS) is 10.9. The van der Waals surface area contributed by atoms with Crippen molar-refractivity contribution in [2.24, 2.45) is 0 Å². The first kappa shape index (κ1) is 13.1. The maximum atomic E-state index is 5.75. The predicted molar refractivity (Wildman–Crippen MR) is 71.6 cm³/mol. The highest BCUT2D eigenvalue weighted by atomic mass is 79.9. The molecule has 0 amide bonds. The molecule has 4 nitrogen and oxygen atoms in total. The van der Waals surface area contributed by atoms with E-state index < -0.39 is 0 Å². The van der Waals surface area contributed by atoms with Crippen molar-refractivity contribution in [2.45, 2.75) is 33.3 Å². The van der Waals surface area contributed by atoms with Gasteiger partial charge in [0.25, 0.3) is 0 Å². The van der Waals surface area contributed by atoms with Crippen molar-refractivity contribution < 1.29 is 9.26 Å². The van der Waals surface area contributed by atoms with Gasteiger partial charge in [-0.2, -0.15) is 4.98 Å². The van der Waals surface area contributed by atoms with Gasteiger partial charge in [0.2, 0.25) is 11.7 Å². The summed E-state index contributed by atoms with van der Waals surface area (Å²) < 4.78 is 11.7. The standard InChI is InChI=1S/C13H15BrN2O2/c1-8(2)11-6-10(14)4-5-12(11)17-7-13-15-9(3)18-16-13/h4-6,8H,7H2,1-3H3. The molecule has 0 saturated carbocycles. The third kappa shape index (κ3) is 3.10. The molecule has 18 heavy (non-hydrogen) atoms. The van der Waals surface area contributed by atoms with Gasteiger partial charge in [-0.3, -0.25) is 0 Å². The summed E-state index contributed by atoms with van der Waals surface area (Å²) in [5, 5.41) is 3.80. The van der Waals surface area contributed by atoms with E-state index in [1.54, 1.807) is 6.92 Å². The van der Waals surface area contributed by atoms with Gasteiger partial charge in [0.05, 0.1) is 0 Å². The lowest BCUT2D eigenvalue weighted by atomic mass is 10.0. The van der Waals surface area contributed by atoms with Crippen molar-refractivity contribution in [1.29, 1.82) is 0 Å². The molecule has 0 atom stereocenters. The summed E-state index contributed by atoms with van der Waals surface area (Å²) >= 11 is 3.47. The zero-order valence-electron chi connectivity index (χ0n) is 10.6. The fourth-order valence-corrected chi connectivity index (χ4v) is 2.02. The zero-order chi connectivity index (χ0) is 13.1. The second-order valence-corrected chi connectivity index (χ2v) is 5.27. The average molecular weight is 311 g/mol. The number of hydrogen-bond acceptors (Lipinski definition) is 4. The lowest BCUT2D eigenvalue weighted by molar-refractivity contribution is 0.282. The Labute approximate surface area is 114 Å². The van der Waals surface area contributed by atoms with E-state index >= 15 is 0 Å². The largest absolute Gasteiger partial charge is 0.485 e. The van der Waals surface area contributed by atoms with Crippen LogP contribution in [0.1, 0.15) is 37.0 Å². The Kier molecular flexibility index (Phi) is 4.01. The van der Waals surface area contributed by atoms with Crippen LogP contribution in [0.3, 0.4) is 0 Å². The molecular weight excluding hydrogens is 296 g/mol. The van der Waals surface area contributed by atoms with Crippen molar-refractivity contribution >= 4 is 15.9 Å². The highest BCUT2D eigenvalue weighted by molar-refractivity contribution is 9.10. The monoisotopic (exact) mass is 310 g/mol. The number of aromatic nitrogens is 2. The molecule has 0 aliphatic rings. The molecule has 0 radical (unpaired) electrons. The second kappa shape index (κ2) is 5.52. The van der Waals surface area contributed by atoms with Gasteiger partial charge in [-0.05, 0) is 29.7 Å². The number of rotatable bonds is 4. The molecule has 0 spiro atoms. The van der Waals surface area contributed by atoms with Gasteiger partial charge in [-0.1, -0.05) is 34.9 Å². The highest BCUT2D eigenvalue weighted by Gasteiger charge is 2.10. The van der Waals surface area contributed by atoms with E-state index in [1.165, 1.54) is 0 Å². The Bertz CT molecular complexity index is 538. The first-order valence-corrected chi connectivity index (χ1v) is 6.57. The molecule has 0 aliphatic heterocycles. The van der Waals surface area contributed by atoms with Gasteiger partial charge >= 0.3 is 0 Å². The van der Waals surface area contributed by atoms with Crippen LogP contribution >= 0.6 is 15.9 Å². The van der Waals surface area contributed by atoms with Crippen LogP contribution in [0.2, 0.25) is 0 Å². The quantitative estimate of drug-likeness (QED) is 0.860. The average Bonchev–Trinajstić information content (AvgIpc) is 2.73. The van der Waals surface area contributed by atoms with E-state index in [0.29, 0.717) is 24.2 Å². The lowest BCUT2D eigenvalue weighted by Crippen LogP contribution is -2.01. The molecule has 1 aromatic carbocycles. The molecule has 1 aromatic heterocycles. The van der Waals surface area contributed by atoms with Crippen molar-refractivity contribution in [1.82, 2.24) is 10.1 Å². The van der Waals surface area contributed by atoms with E-state index in [4.69, 9.17) is 9.26 Å². The summed E-state index contributed by atoms with van der Waals surface area (Å²) in [4.78, 5) is 4.11. The second-order valence-electron chi connectivity index (χ2n) is 4.36. The van der Waals surface area contributed by atoms with E-state index in [9.17, 15) is 0 Å². The van der Waals surface area contributed by atoms with Crippen molar-refractivity contribution in [3.8, 4) is 5.75 Å². The SMILES string of the molecule is Cc1nc(COc2ccc(Br)cc2C(C)C)no1. The number of ether oxygens (including phenoxy) is 1. The number of hydrogen-bond donors (Lipinski definition) is 0. The van der Waals surface area contributed by atoms with Crippen LogP contribution in [0, 0.1) is 6.92 Å². The lowest BCUT2D eigenvalue weighted by Gasteiger charge is -2.13. The fourth-order valence-electron chi connectivity index (χ4n) is 1.64. The van der Waals surface area contributed by atoms with Gasteiger partial charge in [0.1, 0.15) is 5.75 Å². The fraction of sp³-hybridized carbons (Fsp3) is 0.385. The maximum absolute atomic E-state index is 5.75. The van der Waals surface area contributed by atoms with E-state index in [2.05, 4.69) is 46.0 Å². The van der Waals surface area contributed by atoms with Crippen LogP contribution in [0.5, 0.6) is 5.75 Å². The molecule has 0 bridgehead atoms. The summed E-state index contributed by atoms with van der Waals surface area (Å²) in [5.41, 5.74) is 1.16. The molecule has 1 heterocycles. The topological polar surface area (TPSA) is 48.2 Å². The Morgan fingerprint density at radius 1 is 1.39 bits per heavy atom. The smallest absolute Gasteiger partial charge is 0.223 e. The van der Waals surface area contributed by atoms with Gasteiger partial charge in [0, 0.05) is 11.4 Å². The minimum absolute atomic E-state index is 0.318. The summed E-state index contributed by atoms with van der Waals surface area (Å²) in [7, 11) is 0. The van der Waals surface area contributed by atoms with E-state index in [0.717, 1.165) is 15.8 Å². The molecule has 0 aliphatic carbocycles. The Balaban J connectivity index is 2.13. The highest BCUT2D eigenvalue weighted by Crippen LogP contribution is 2.29. The molecular formula is C13H15BrN2O2. The summed E-state index contributed by atoms with van der Waals surface area (Å²) in [6, 6.07) is 5.98. The van der Waals surface area contributed by atoms with Crippen LogP contribution < -0.4 is 4.74 Å². The minimum Gasteiger partial charge on any atom is -0.485 e. The number of halogens is 1. The Morgan fingerprint density at radius 2 is 2.17 bits per heavy atom. The third-order valence-corrected chi connectivity index (χ3v) is 3.01. The van der Waals surface area contributed by atoms with Crippen molar-refractivity contribution in [3.63, 3.8) is 0 Å². The molecule has 96 valence electrons. The number of benzene rings is 1. The van der Waals surface area contributed by atoms with E-state index in [-0.39, 0.29) is 0 Å². The van der Waals surface area contributed by atoms with Crippen LogP contribution in [0.25, 0.3) is 0 Å². The first-order valence-electron chi connectivity index (χ1n) is 5.77. The predicted octanol–water partition coefficient (Wildman–Crippen LogP) is 3.84. The molecule has 0 fully saturated rings. The zero-order valence-corrected chi connectivity index (χ0v) is 12.2. The number of nitrogens with zero attached hydrogens (tertiary/aromatic N) is 2. The van der Waals surface area contributed by atoms with Gasteiger partial charge in [0.15, 0.2) is 6.61 Å². The molecule has 5 heteroatoms. The number of aryl methyl sites for hydroxylation is 1. The van der Waals surface area contributed by atoms with Gasteiger partial charge < -0.3 is 9.26 Å². The van der Waals surface area contributed by atoms with Crippen LogP contribution in [0.15, 0.2) is 27.2 Å². The summed E-state index contributed by atoms with van der Waals surface area (Å²) in [6.07, 6.45) is 0. The van der Waals surface area contributed by atoms with Gasteiger partial charge in [-0.15, -0.1) is 0 Å². The molecule has 2 aromatic rings. The Hall–Kier alpha value is -1.36. The third-order valence-electron chi connectivity index (χ3n) is 2.52. The molecule has 0 saturated heterocycles. The summed E-state index contributed by atoms with van der Waals surface area (Å²) in [6.45, 7) is 6.34. The molecule has 2 rings (SSSR count). The molecule has 0 unspecified atom stereocenters. The first-order chi connectivity index (χ1) is 8.56.